The number of allylic oxidation sites excluding steroid dienone is 1. The van der Waals surface area contributed by atoms with Crippen molar-refractivity contribution in [1.82, 2.24) is 9.97 Å². The molecule has 4 rings (SSSR count). The van der Waals surface area contributed by atoms with Crippen molar-refractivity contribution in [2.75, 3.05) is 0 Å². The number of imidazole rings is 1. The average Bonchev–Trinajstić information content (AvgIpc) is 3.21. The van der Waals surface area contributed by atoms with Crippen molar-refractivity contribution in [3.05, 3.63) is 92.1 Å². The molecule has 3 aromatic carbocycles. The van der Waals surface area contributed by atoms with Crippen molar-refractivity contribution in [3.8, 4) is 11.8 Å². The van der Waals surface area contributed by atoms with Crippen LogP contribution in [0.15, 0.2) is 69.6 Å². The van der Waals surface area contributed by atoms with Gasteiger partial charge in [0.2, 0.25) is 0 Å². The van der Waals surface area contributed by atoms with E-state index in [1.165, 1.54) is 12.1 Å². The van der Waals surface area contributed by atoms with Gasteiger partial charge in [0.05, 0.1) is 26.6 Å². The van der Waals surface area contributed by atoms with Crippen LogP contribution in [-0.4, -0.2) is 21.0 Å². The minimum Gasteiger partial charge on any atom is -0.487 e. The lowest BCUT2D eigenvalue weighted by Gasteiger charge is -2.13. The number of rotatable bonds is 6. The van der Waals surface area contributed by atoms with Gasteiger partial charge in [-0.25, -0.2) is 9.78 Å². The first-order valence-corrected chi connectivity index (χ1v) is 11.0. The molecule has 2 N–H and O–H groups in total. The Labute approximate surface area is 200 Å². The number of nitrogens with one attached hydrogen (secondary N) is 1. The summed E-state index contributed by atoms with van der Waals surface area (Å²) >= 11 is 7.01. The van der Waals surface area contributed by atoms with Gasteiger partial charge in [0.25, 0.3) is 0 Å². The highest BCUT2D eigenvalue weighted by Gasteiger charge is 2.13. The smallest absolute Gasteiger partial charge is 0.335 e. The van der Waals surface area contributed by atoms with Crippen LogP contribution in [0.2, 0.25) is 0 Å². The standard InChI is InChI=1S/C24H15Br2N3O3/c25-18-10-16(9-17(12-27)23-28-20-3-1-2-4-21(20)29-23)22(19(26)11-18)32-13-14-5-7-15(8-6-14)24(30)31/h1-11H,13H2,(H,28,29)(H,30,31)/b17-9+. The quantitative estimate of drug-likeness (QED) is 0.268. The fourth-order valence-electron chi connectivity index (χ4n) is 3.13. The number of H-pyrrole nitrogens is 1. The van der Waals surface area contributed by atoms with E-state index in [2.05, 4.69) is 47.9 Å². The van der Waals surface area contributed by atoms with Crippen LogP contribution in [0.1, 0.15) is 27.3 Å². The fourth-order valence-corrected chi connectivity index (χ4v) is 4.50. The summed E-state index contributed by atoms with van der Waals surface area (Å²) in [6, 6.07) is 20.0. The Balaban J connectivity index is 1.67. The lowest BCUT2D eigenvalue weighted by molar-refractivity contribution is 0.0697. The number of ether oxygens (including phenoxy) is 1. The van der Waals surface area contributed by atoms with Crippen LogP contribution in [0, 0.1) is 11.3 Å². The number of aromatic amines is 1. The fraction of sp³-hybridized carbons (Fsp3) is 0.0417. The van der Waals surface area contributed by atoms with Gasteiger partial charge >= 0.3 is 5.97 Å². The highest BCUT2D eigenvalue weighted by atomic mass is 79.9. The molecule has 0 atom stereocenters. The Morgan fingerprint density at radius 2 is 1.91 bits per heavy atom. The zero-order chi connectivity index (χ0) is 22.7. The number of aromatic carboxylic acids is 1. The minimum absolute atomic E-state index is 0.215. The summed E-state index contributed by atoms with van der Waals surface area (Å²) in [5, 5.41) is 18.8. The molecule has 0 aliphatic rings. The predicted octanol–water partition coefficient (Wildman–Crippen LogP) is 6.43. The number of hydrogen-bond donors (Lipinski definition) is 2. The number of nitrogens with zero attached hydrogens (tertiary/aromatic N) is 2. The molecule has 8 heteroatoms. The first kappa shape index (κ1) is 21.8. The van der Waals surface area contributed by atoms with Crippen LogP contribution < -0.4 is 4.74 Å². The second-order valence-corrected chi connectivity index (χ2v) is 8.64. The van der Waals surface area contributed by atoms with Gasteiger partial charge in [0, 0.05) is 10.0 Å². The molecule has 0 radical (unpaired) electrons. The zero-order valence-electron chi connectivity index (χ0n) is 16.5. The van der Waals surface area contributed by atoms with Crippen LogP contribution in [0.3, 0.4) is 0 Å². The second kappa shape index (κ2) is 9.39. The first-order chi connectivity index (χ1) is 15.4. The SMILES string of the molecule is N#C/C(=C\c1cc(Br)cc(Br)c1OCc1ccc(C(=O)O)cc1)c1nc2ccccc2[nH]1. The maximum absolute atomic E-state index is 11.0. The molecule has 32 heavy (non-hydrogen) atoms. The average molecular weight is 553 g/mol. The van der Waals surface area contributed by atoms with E-state index in [0.29, 0.717) is 27.2 Å². The van der Waals surface area contributed by atoms with Crippen LogP contribution in [0.4, 0.5) is 0 Å². The number of carboxylic acid groups (broad SMARTS) is 1. The highest BCUT2D eigenvalue weighted by molar-refractivity contribution is 9.11. The molecule has 0 saturated carbocycles. The molecule has 1 heterocycles. The minimum atomic E-state index is -0.977. The van der Waals surface area contributed by atoms with E-state index in [1.807, 2.05) is 36.4 Å². The molecular formula is C24H15Br2N3O3. The predicted molar refractivity (Wildman–Crippen MR) is 129 cm³/mol. The summed E-state index contributed by atoms with van der Waals surface area (Å²) in [6.07, 6.45) is 1.72. The number of benzene rings is 3. The Bertz CT molecular complexity index is 1350. The van der Waals surface area contributed by atoms with Crippen LogP contribution in [-0.2, 0) is 6.61 Å². The third kappa shape index (κ3) is 4.74. The van der Waals surface area contributed by atoms with Crippen molar-refractivity contribution in [2.24, 2.45) is 0 Å². The maximum atomic E-state index is 11.0. The Hall–Kier alpha value is -3.41. The molecule has 4 aromatic rings. The molecule has 0 aliphatic carbocycles. The van der Waals surface area contributed by atoms with Gasteiger partial charge in [-0.1, -0.05) is 40.2 Å². The molecule has 0 spiro atoms. The van der Waals surface area contributed by atoms with Gasteiger partial charge in [-0.3, -0.25) is 0 Å². The summed E-state index contributed by atoms with van der Waals surface area (Å²) in [4.78, 5) is 18.7. The van der Waals surface area contributed by atoms with E-state index in [1.54, 1.807) is 18.2 Å². The first-order valence-electron chi connectivity index (χ1n) is 9.45. The lowest BCUT2D eigenvalue weighted by Crippen LogP contribution is -2.00. The Morgan fingerprint density at radius 1 is 1.16 bits per heavy atom. The summed E-state index contributed by atoms with van der Waals surface area (Å²) in [5.74, 6) is 0.0505. The van der Waals surface area contributed by atoms with Crippen LogP contribution in [0.5, 0.6) is 5.75 Å². The third-order valence-electron chi connectivity index (χ3n) is 4.69. The second-order valence-electron chi connectivity index (χ2n) is 6.87. The molecule has 6 nitrogen and oxygen atoms in total. The van der Waals surface area contributed by atoms with E-state index in [0.717, 1.165) is 21.1 Å². The van der Waals surface area contributed by atoms with Gasteiger partial charge in [-0.2, -0.15) is 5.26 Å². The number of halogens is 2. The number of carboxylic acids is 1. The van der Waals surface area contributed by atoms with Crippen molar-refractivity contribution in [2.45, 2.75) is 6.61 Å². The van der Waals surface area contributed by atoms with E-state index in [-0.39, 0.29) is 12.2 Å². The molecular weight excluding hydrogens is 538 g/mol. The van der Waals surface area contributed by atoms with Gasteiger partial charge in [0.1, 0.15) is 24.3 Å². The van der Waals surface area contributed by atoms with Crippen LogP contribution in [0.25, 0.3) is 22.7 Å². The number of para-hydroxylation sites is 2. The van der Waals surface area contributed by atoms with E-state index < -0.39 is 5.97 Å². The Morgan fingerprint density at radius 3 is 2.59 bits per heavy atom. The van der Waals surface area contributed by atoms with Gasteiger partial charge in [-0.05, 0) is 64.0 Å². The Kier molecular flexibility index (Phi) is 6.40. The highest BCUT2D eigenvalue weighted by Crippen LogP contribution is 2.36. The molecule has 0 aliphatic heterocycles. The summed E-state index contributed by atoms with van der Waals surface area (Å²) in [6.45, 7) is 0.230. The molecule has 0 fully saturated rings. The topological polar surface area (TPSA) is 99.0 Å². The van der Waals surface area contributed by atoms with Gasteiger partial charge in [0.15, 0.2) is 0 Å². The number of aromatic nitrogens is 2. The molecule has 0 amide bonds. The number of hydrogen-bond acceptors (Lipinski definition) is 4. The zero-order valence-corrected chi connectivity index (χ0v) is 19.6. The van der Waals surface area contributed by atoms with Gasteiger partial charge in [-0.15, -0.1) is 0 Å². The molecule has 1 aromatic heterocycles. The summed E-state index contributed by atoms with van der Waals surface area (Å²) in [5.41, 5.74) is 3.71. The number of nitriles is 1. The van der Waals surface area contributed by atoms with Crippen molar-refractivity contribution < 1.29 is 14.6 Å². The monoisotopic (exact) mass is 551 g/mol. The number of fused-ring (bicyclic) bond motifs is 1. The molecule has 158 valence electrons. The van der Waals surface area contributed by atoms with E-state index in [4.69, 9.17) is 9.84 Å². The molecule has 0 saturated heterocycles. The molecule has 0 bridgehead atoms. The lowest BCUT2D eigenvalue weighted by atomic mass is 10.1. The van der Waals surface area contributed by atoms with Crippen molar-refractivity contribution in [1.29, 1.82) is 5.26 Å². The molecule has 0 unspecified atom stereocenters. The largest absolute Gasteiger partial charge is 0.487 e. The normalized spacial score (nSPS) is 11.3. The van der Waals surface area contributed by atoms with Crippen molar-refractivity contribution in [3.63, 3.8) is 0 Å². The van der Waals surface area contributed by atoms with E-state index >= 15 is 0 Å². The van der Waals surface area contributed by atoms with Crippen LogP contribution >= 0.6 is 31.9 Å². The third-order valence-corrected chi connectivity index (χ3v) is 5.73. The van der Waals surface area contributed by atoms with E-state index in [9.17, 15) is 10.1 Å². The number of carbonyl (C=O) groups is 1. The maximum Gasteiger partial charge on any atom is 0.335 e. The van der Waals surface area contributed by atoms with Crippen molar-refractivity contribution >= 4 is 60.5 Å². The summed E-state index contributed by atoms with van der Waals surface area (Å²) in [7, 11) is 0. The summed E-state index contributed by atoms with van der Waals surface area (Å²) < 4.78 is 7.58. The van der Waals surface area contributed by atoms with Gasteiger partial charge < -0.3 is 14.8 Å².